The molecule has 0 fully saturated rings. The summed E-state index contributed by atoms with van der Waals surface area (Å²) in [6.45, 7) is 5.50. The third-order valence-corrected chi connectivity index (χ3v) is 4.93. The lowest BCUT2D eigenvalue weighted by molar-refractivity contribution is -0.156. The fourth-order valence-electron chi connectivity index (χ4n) is 3.44. The molecule has 1 N–H and O–H groups in total. The lowest BCUT2D eigenvalue weighted by Crippen LogP contribution is -2.27. The molecule has 1 aliphatic rings. The van der Waals surface area contributed by atoms with E-state index in [4.69, 9.17) is 9.47 Å². The predicted octanol–water partition coefficient (Wildman–Crippen LogP) is 4.18. The Morgan fingerprint density at radius 3 is 2.66 bits per heavy atom. The van der Waals surface area contributed by atoms with Crippen molar-refractivity contribution in [2.75, 3.05) is 12.4 Å². The first-order chi connectivity index (χ1) is 15.2. The van der Waals surface area contributed by atoms with Crippen LogP contribution in [0.2, 0.25) is 0 Å². The highest BCUT2D eigenvalue weighted by molar-refractivity contribution is 5.96. The summed E-state index contributed by atoms with van der Waals surface area (Å²) in [5.74, 6) is -1.41. The van der Waals surface area contributed by atoms with Crippen molar-refractivity contribution in [3.05, 3.63) is 59.8 Å². The van der Waals surface area contributed by atoms with Crippen LogP contribution in [0.4, 0.5) is 5.69 Å². The minimum atomic E-state index is -0.608. The number of hydrogen-bond donors (Lipinski definition) is 1. The third kappa shape index (κ3) is 6.03. The molecule has 168 valence electrons. The second-order valence-corrected chi connectivity index (χ2v) is 8.65. The van der Waals surface area contributed by atoms with Crippen LogP contribution in [0.1, 0.15) is 50.7 Å². The maximum atomic E-state index is 12.9. The number of methoxy groups -OCH3 is 1. The van der Waals surface area contributed by atoms with Gasteiger partial charge >= 0.3 is 11.9 Å². The fourth-order valence-corrected chi connectivity index (χ4v) is 3.44. The number of benzene rings is 1. The maximum Gasteiger partial charge on any atom is 0.314 e. The maximum absolute atomic E-state index is 12.9. The average molecular weight is 437 g/mol. The molecule has 2 aromatic rings. The number of pyridine rings is 1. The van der Waals surface area contributed by atoms with Gasteiger partial charge in [0.15, 0.2) is 0 Å². The number of hydrogen-bond acceptors (Lipinski definition) is 6. The van der Waals surface area contributed by atoms with Crippen LogP contribution >= 0.6 is 0 Å². The van der Waals surface area contributed by atoms with Gasteiger partial charge in [-0.2, -0.15) is 0 Å². The van der Waals surface area contributed by atoms with Gasteiger partial charge < -0.3 is 14.8 Å². The Labute approximate surface area is 187 Å². The summed E-state index contributed by atoms with van der Waals surface area (Å²) in [4.78, 5) is 41.6. The van der Waals surface area contributed by atoms with E-state index >= 15 is 0 Å². The predicted molar refractivity (Wildman–Crippen MR) is 121 cm³/mol. The van der Waals surface area contributed by atoms with Crippen LogP contribution in [0.15, 0.2) is 48.7 Å². The molecular formula is C25H28N2O5. The van der Waals surface area contributed by atoms with Gasteiger partial charge in [0.25, 0.3) is 0 Å². The highest BCUT2D eigenvalue weighted by Gasteiger charge is 2.27. The summed E-state index contributed by atoms with van der Waals surface area (Å²) >= 11 is 0. The molecule has 7 heteroatoms. The van der Waals surface area contributed by atoms with E-state index in [1.54, 1.807) is 24.4 Å². The lowest BCUT2D eigenvalue weighted by Gasteiger charge is -2.24. The Morgan fingerprint density at radius 1 is 1.16 bits per heavy atom. The van der Waals surface area contributed by atoms with Gasteiger partial charge in [0.2, 0.25) is 5.91 Å². The summed E-state index contributed by atoms with van der Waals surface area (Å²) < 4.78 is 10.4. The number of rotatable bonds is 3. The second-order valence-electron chi connectivity index (χ2n) is 8.65. The number of nitrogens with zero attached hydrogens (tertiary/aromatic N) is 1. The van der Waals surface area contributed by atoms with Crippen LogP contribution in [0, 0.1) is 0 Å². The van der Waals surface area contributed by atoms with E-state index in [9.17, 15) is 14.4 Å². The molecule has 1 unspecified atom stereocenters. The van der Waals surface area contributed by atoms with Crippen molar-refractivity contribution in [3.63, 3.8) is 0 Å². The standard InChI is InChI=1S/C25H28N2O5/c1-25(2,3)32-24(30)18-7-5-6-8-22(28)27-21-13-16(14-23(29)31-4)9-10-19(21)20-15-17(18)11-12-26-20/h5-6,9-13,15,18H,7-8,14H2,1-4H3,(H,27,28)/b6-5+. The Balaban J connectivity index is 2.06. The summed E-state index contributed by atoms with van der Waals surface area (Å²) in [5.41, 5.74) is 2.74. The van der Waals surface area contributed by atoms with E-state index in [-0.39, 0.29) is 30.7 Å². The molecule has 7 nitrogen and oxygen atoms in total. The average Bonchev–Trinajstić information content (AvgIpc) is 2.72. The molecule has 1 atom stereocenters. The monoisotopic (exact) mass is 436 g/mol. The van der Waals surface area contributed by atoms with Crippen molar-refractivity contribution in [2.45, 2.75) is 51.6 Å². The van der Waals surface area contributed by atoms with E-state index in [0.717, 1.165) is 5.56 Å². The molecule has 0 saturated heterocycles. The Kier molecular flexibility index (Phi) is 7.08. The smallest absolute Gasteiger partial charge is 0.314 e. The summed E-state index contributed by atoms with van der Waals surface area (Å²) in [6, 6.07) is 9.01. The molecule has 1 aromatic heterocycles. The SMILES string of the molecule is COC(=O)Cc1ccc2c(c1)NC(=O)C/C=C/CC(C(=O)OC(C)(C)C)c1ccnc-2c1. The van der Waals surface area contributed by atoms with Gasteiger partial charge in [0, 0.05) is 18.2 Å². The van der Waals surface area contributed by atoms with Gasteiger partial charge in [-0.3, -0.25) is 19.4 Å². The zero-order chi connectivity index (χ0) is 23.3. The highest BCUT2D eigenvalue weighted by Crippen LogP contribution is 2.32. The van der Waals surface area contributed by atoms with E-state index < -0.39 is 11.5 Å². The molecule has 3 rings (SSSR count). The number of carbonyl (C=O) groups is 3. The Bertz CT molecular complexity index is 1050. The minimum Gasteiger partial charge on any atom is -0.469 e. The van der Waals surface area contributed by atoms with E-state index in [2.05, 4.69) is 10.3 Å². The number of nitrogens with one attached hydrogen (secondary N) is 1. The van der Waals surface area contributed by atoms with Crippen molar-refractivity contribution in [1.82, 2.24) is 4.98 Å². The third-order valence-electron chi connectivity index (χ3n) is 4.93. The van der Waals surface area contributed by atoms with Crippen LogP contribution in [0.5, 0.6) is 0 Å². The first-order valence-electron chi connectivity index (χ1n) is 10.5. The van der Waals surface area contributed by atoms with E-state index in [0.29, 0.717) is 28.9 Å². The highest BCUT2D eigenvalue weighted by atomic mass is 16.6. The second kappa shape index (κ2) is 9.77. The largest absolute Gasteiger partial charge is 0.469 e. The van der Waals surface area contributed by atoms with Crippen molar-refractivity contribution in [2.24, 2.45) is 0 Å². The number of esters is 2. The number of allylic oxidation sites excluding steroid dienone is 1. The van der Waals surface area contributed by atoms with Crippen LogP contribution < -0.4 is 5.32 Å². The summed E-state index contributed by atoms with van der Waals surface area (Å²) in [6.07, 6.45) is 5.87. The number of carbonyl (C=O) groups excluding carboxylic acids is 3. The summed E-state index contributed by atoms with van der Waals surface area (Å²) in [7, 11) is 1.33. The molecule has 0 aliphatic carbocycles. The van der Waals surface area contributed by atoms with Gasteiger partial charge in [0.05, 0.1) is 30.8 Å². The van der Waals surface area contributed by atoms with Crippen molar-refractivity contribution in [1.29, 1.82) is 0 Å². The first kappa shape index (κ1) is 23.2. The number of anilines is 1. The Morgan fingerprint density at radius 2 is 1.94 bits per heavy atom. The van der Waals surface area contributed by atoms with Crippen LogP contribution in [-0.4, -0.2) is 35.5 Å². The molecule has 2 bridgehead atoms. The van der Waals surface area contributed by atoms with Gasteiger partial charge in [-0.15, -0.1) is 0 Å². The zero-order valence-electron chi connectivity index (χ0n) is 18.8. The number of aromatic nitrogens is 1. The van der Waals surface area contributed by atoms with Gasteiger partial charge in [-0.1, -0.05) is 24.3 Å². The Hall–Kier alpha value is -3.48. The molecule has 1 aromatic carbocycles. The molecule has 0 spiro atoms. The molecule has 0 saturated carbocycles. The fraction of sp³-hybridized carbons (Fsp3) is 0.360. The van der Waals surface area contributed by atoms with E-state index in [1.807, 2.05) is 45.0 Å². The minimum absolute atomic E-state index is 0.0910. The zero-order valence-corrected chi connectivity index (χ0v) is 18.8. The summed E-state index contributed by atoms with van der Waals surface area (Å²) in [5, 5.41) is 2.91. The van der Waals surface area contributed by atoms with Gasteiger partial charge in [0.1, 0.15) is 5.60 Å². The first-order valence-corrected chi connectivity index (χ1v) is 10.5. The lowest BCUT2D eigenvalue weighted by atomic mass is 9.93. The van der Waals surface area contributed by atoms with Crippen molar-refractivity contribution >= 4 is 23.5 Å². The molecule has 32 heavy (non-hydrogen) atoms. The van der Waals surface area contributed by atoms with Crippen LogP contribution in [0.25, 0.3) is 11.3 Å². The van der Waals surface area contributed by atoms with E-state index in [1.165, 1.54) is 7.11 Å². The van der Waals surface area contributed by atoms with Gasteiger partial charge in [-0.25, -0.2) is 0 Å². The topological polar surface area (TPSA) is 94.6 Å². The van der Waals surface area contributed by atoms with Crippen molar-refractivity contribution in [3.8, 4) is 11.3 Å². The molecule has 2 heterocycles. The molecular weight excluding hydrogens is 408 g/mol. The molecule has 1 aliphatic heterocycles. The van der Waals surface area contributed by atoms with Crippen LogP contribution in [0.3, 0.4) is 0 Å². The quantitative estimate of drug-likeness (QED) is 0.573. The molecule has 1 amide bonds. The van der Waals surface area contributed by atoms with Gasteiger partial charge in [-0.05, 0) is 56.5 Å². The number of fused-ring (bicyclic) bond motifs is 4. The normalized spacial score (nSPS) is 17.1. The van der Waals surface area contributed by atoms with Crippen molar-refractivity contribution < 1.29 is 23.9 Å². The number of ether oxygens (including phenoxy) is 2. The van der Waals surface area contributed by atoms with Crippen LogP contribution in [-0.2, 0) is 30.3 Å². The number of amides is 1. The molecule has 0 radical (unpaired) electrons.